The quantitative estimate of drug-likeness (QED) is 0.784. The molecule has 102 valence electrons. The van der Waals surface area contributed by atoms with Crippen LogP contribution in [0.15, 0.2) is 10.7 Å². The fourth-order valence-corrected chi connectivity index (χ4v) is 1.99. The van der Waals surface area contributed by atoms with Crippen molar-refractivity contribution >= 4 is 17.5 Å². The van der Waals surface area contributed by atoms with Crippen LogP contribution in [0.4, 0.5) is 0 Å². The average Bonchev–Trinajstić information content (AvgIpc) is 2.96. The molecule has 0 saturated carbocycles. The number of nitrogens with zero attached hydrogens (tertiary/aromatic N) is 3. The van der Waals surface area contributed by atoms with Crippen LogP contribution in [0.2, 0.25) is 0 Å². The van der Waals surface area contributed by atoms with Gasteiger partial charge < -0.3 is 9.15 Å². The van der Waals surface area contributed by atoms with Gasteiger partial charge in [-0.25, -0.2) is 9.78 Å². The molecule has 0 N–H and O–H groups in total. The SMILES string of the molecule is Cc1nc(-c2nnsc2C(=O)OCCC(C)C)co1. The zero-order valence-corrected chi connectivity index (χ0v) is 11.9. The molecule has 0 unspecified atom stereocenters. The summed E-state index contributed by atoms with van der Waals surface area (Å²) in [5, 5.41) is 3.91. The maximum absolute atomic E-state index is 11.9. The van der Waals surface area contributed by atoms with Gasteiger partial charge in [-0.2, -0.15) is 0 Å². The zero-order chi connectivity index (χ0) is 13.8. The largest absolute Gasteiger partial charge is 0.461 e. The molecule has 7 heteroatoms. The van der Waals surface area contributed by atoms with Gasteiger partial charge in [-0.1, -0.05) is 18.3 Å². The van der Waals surface area contributed by atoms with Crippen molar-refractivity contribution in [2.24, 2.45) is 5.92 Å². The number of carbonyl (C=O) groups is 1. The van der Waals surface area contributed by atoms with Gasteiger partial charge in [0.15, 0.2) is 10.8 Å². The molecule has 0 spiro atoms. The first-order chi connectivity index (χ1) is 9.08. The summed E-state index contributed by atoms with van der Waals surface area (Å²) in [7, 11) is 0. The Kier molecular flexibility index (Phi) is 4.26. The number of rotatable bonds is 5. The molecule has 0 fully saturated rings. The summed E-state index contributed by atoms with van der Waals surface area (Å²) < 4.78 is 14.1. The van der Waals surface area contributed by atoms with Gasteiger partial charge in [0.2, 0.25) is 0 Å². The van der Waals surface area contributed by atoms with Crippen LogP contribution < -0.4 is 0 Å². The lowest BCUT2D eigenvalue weighted by Crippen LogP contribution is -2.07. The molecule has 0 bridgehead atoms. The van der Waals surface area contributed by atoms with Crippen LogP contribution in [0.5, 0.6) is 0 Å². The van der Waals surface area contributed by atoms with Gasteiger partial charge in [0.1, 0.15) is 17.7 Å². The highest BCUT2D eigenvalue weighted by molar-refractivity contribution is 7.08. The van der Waals surface area contributed by atoms with Crippen LogP contribution in [-0.2, 0) is 4.74 Å². The van der Waals surface area contributed by atoms with Gasteiger partial charge in [-0.15, -0.1) is 5.10 Å². The van der Waals surface area contributed by atoms with Gasteiger partial charge in [0.25, 0.3) is 0 Å². The third kappa shape index (κ3) is 3.37. The van der Waals surface area contributed by atoms with Crippen molar-refractivity contribution in [3.05, 3.63) is 17.0 Å². The molecule has 2 heterocycles. The number of ether oxygens (including phenoxy) is 1. The van der Waals surface area contributed by atoms with Gasteiger partial charge in [0, 0.05) is 6.92 Å². The Labute approximate surface area is 115 Å². The number of carbonyl (C=O) groups excluding carboxylic acids is 1. The standard InChI is InChI=1S/C12H15N3O3S/c1-7(2)4-5-17-12(16)11-10(14-15-19-11)9-6-18-8(3)13-9/h6-7H,4-5H2,1-3H3. The number of hydrogen-bond donors (Lipinski definition) is 0. The maximum Gasteiger partial charge on any atom is 0.352 e. The first kappa shape index (κ1) is 13.7. The van der Waals surface area contributed by atoms with Crippen molar-refractivity contribution in [3.8, 4) is 11.4 Å². The summed E-state index contributed by atoms with van der Waals surface area (Å²) in [6.07, 6.45) is 2.29. The summed E-state index contributed by atoms with van der Waals surface area (Å²) in [4.78, 5) is 16.4. The minimum atomic E-state index is -0.411. The highest BCUT2D eigenvalue weighted by Gasteiger charge is 2.21. The lowest BCUT2D eigenvalue weighted by molar-refractivity contribution is 0.0494. The minimum Gasteiger partial charge on any atom is -0.461 e. The molecule has 19 heavy (non-hydrogen) atoms. The first-order valence-electron chi connectivity index (χ1n) is 6.00. The highest BCUT2D eigenvalue weighted by Crippen LogP contribution is 2.24. The fourth-order valence-electron chi connectivity index (χ4n) is 1.42. The van der Waals surface area contributed by atoms with E-state index in [0.717, 1.165) is 18.0 Å². The van der Waals surface area contributed by atoms with Crippen LogP contribution in [0.3, 0.4) is 0 Å². The van der Waals surface area contributed by atoms with Crippen molar-refractivity contribution in [2.75, 3.05) is 6.61 Å². The molecule has 0 radical (unpaired) electrons. The molecule has 2 aromatic heterocycles. The zero-order valence-electron chi connectivity index (χ0n) is 11.0. The molecule has 6 nitrogen and oxygen atoms in total. The van der Waals surface area contributed by atoms with E-state index in [-0.39, 0.29) is 0 Å². The number of oxazole rings is 1. The van der Waals surface area contributed by atoms with Gasteiger partial charge in [0.05, 0.1) is 6.61 Å². The highest BCUT2D eigenvalue weighted by atomic mass is 32.1. The van der Waals surface area contributed by atoms with Crippen LogP contribution in [0.25, 0.3) is 11.4 Å². The van der Waals surface area contributed by atoms with Gasteiger partial charge in [-0.05, 0) is 23.9 Å². The second-order valence-corrected chi connectivity index (χ2v) is 5.27. The Morgan fingerprint density at radius 3 is 2.95 bits per heavy atom. The van der Waals surface area contributed by atoms with E-state index in [4.69, 9.17) is 9.15 Å². The number of aryl methyl sites for hydroxylation is 1. The van der Waals surface area contributed by atoms with Crippen molar-refractivity contribution in [1.82, 2.24) is 14.6 Å². The molecule has 0 amide bonds. The van der Waals surface area contributed by atoms with Crippen molar-refractivity contribution in [2.45, 2.75) is 27.2 Å². The molecule has 0 aliphatic carbocycles. The maximum atomic E-state index is 11.9. The Balaban J connectivity index is 2.09. The molecule has 0 atom stereocenters. The summed E-state index contributed by atoms with van der Waals surface area (Å²) in [5.41, 5.74) is 0.915. The molecule has 2 rings (SSSR count). The number of aromatic nitrogens is 3. The van der Waals surface area contributed by atoms with E-state index in [1.54, 1.807) is 6.92 Å². The number of esters is 1. The van der Waals surface area contributed by atoms with E-state index in [0.29, 0.717) is 34.7 Å². The Morgan fingerprint density at radius 1 is 1.53 bits per heavy atom. The molecule has 0 saturated heterocycles. The Hall–Kier alpha value is -1.76. The first-order valence-corrected chi connectivity index (χ1v) is 6.77. The van der Waals surface area contributed by atoms with Crippen molar-refractivity contribution in [3.63, 3.8) is 0 Å². The van der Waals surface area contributed by atoms with Crippen molar-refractivity contribution < 1.29 is 13.9 Å². The summed E-state index contributed by atoms with van der Waals surface area (Å²) in [6, 6.07) is 0. The smallest absolute Gasteiger partial charge is 0.352 e. The molecule has 0 aliphatic heterocycles. The van der Waals surface area contributed by atoms with E-state index < -0.39 is 5.97 Å². The fraction of sp³-hybridized carbons (Fsp3) is 0.500. The second-order valence-electron chi connectivity index (χ2n) is 4.52. The minimum absolute atomic E-state index is 0.358. The van der Waals surface area contributed by atoms with Crippen LogP contribution in [0, 0.1) is 12.8 Å². The van der Waals surface area contributed by atoms with Gasteiger partial charge >= 0.3 is 5.97 Å². The molecular formula is C12H15N3O3S. The molecular weight excluding hydrogens is 266 g/mol. The van der Waals surface area contributed by atoms with Crippen molar-refractivity contribution in [1.29, 1.82) is 0 Å². The second kappa shape index (κ2) is 5.92. The number of hydrogen-bond acceptors (Lipinski definition) is 7. The summed E-state index contributed by atoms with van der Waals surface area (Å²) in [5.74, 6) is 0.596. The van der Waals surface area contributed by atoms with E-state index in [1.807, 2.05) is 0 Å². The Bertz CT molecular complexity index is 562. The Morgan fingerprint density at radius 2 is 2.32 bits per heavy atom. The van der Waals surface area contributed by atoms with E-state index in [9.17, 15) is 4.79 Å². The average molecular weight is 281 g/mol. The third-order valence-corrected chi connectivity index (χ3v) is 3.17. The van der Waals surface area contributed by atoms with Gasteiger partial charge in [-0.3, -0.25) is 0 Å². The lowest BCUT2D eigenvalue weighted by atomic mass is 10.1. The topological polar surface area (TPSA) is 78.1 Å². The van der Waals surface area contributed by atoms with E-state index >= 15 is 0 Å². The lowest BCUT2D eigenvalue weighted by Gasteiger charge is -2.05. The summed E-state index contributed by atoms with van der Waals surface area (Å²) >= 11 is 1.00. The molecule has 0 aliphatic rings. The van der Waals surface area contributed by atoms with Crippen LogP contribution in [0.1, 0.15) is 35.8 Å². The van der Waals surface area contributed by atoms with Crippen LogP contribution >= 0.6 is 11.5 Å². The normalized spacial score (nSPS) is 10.9. The predicted octanol–water partition coefficient (Wildman–Crippen LogP) is 2.70. The van der Waals surface area contributed by atoms with E-state index in [2.05, 4.69) is 28.4 Å². The predicted molar refractivity (Wildman–Crippen MR) is 69.9 cm³/mol. The van der Waals surface area contributed by atoms with Crippen LogP contribution in [-0.4, -0.2) is 27.1 Å². The summed E-state index contributed by atoms with van der Waals surface area (Å²) in [6.45, 7) is 6.27. The molecule has 0 aromatic carbocycles. The molecule has 2 aromatic rings. The monoisotopic (exact) mass is 281 g/mol. The van der Waals surface area contributed by atoms with E-state index in [1.165, 1.54) is 6.26 Å². The third-order valence-electron chi connectivity index (χ3n) is 2.46.